The van der Waals surface area contributed by atoms with E-state index in [4.69, 9.17) is 9.47 Å². The summed E-state index contributed by atoms with van der Waals surface area (Å²) in [6.07, 6.45) is 0. The van der Waals surface area contributed by atoms with E-state index in [1.165, 1.54) is 11.8 Å². The van der Waals surface area contributed by atoms with Crippen LogP contribution in [0.5, 0.6) is 11.5 Å². The van der Waals surface area contributed by atoms with E-state index in [1.54, 1.807) is 32.4 Å². The van der Waals surface area contributed by atoms with Crippen molar-refractivity contribution < 1.29 is 14.3 Å². The zero-order chi connectivity index (χ0) is 18.1. The van der Waals surface area contributed by atoms with E-state index in [2.05, 4.69) is 15.2 Å². The largest absolute Gasteiger partial charge is 0.497 e. The maximum atomic E-state index is 12.7. The molecule has 0 aliphatic carbocycles. The van der Waals surface area contributed by atoms with E-state index in [9.17, 15) is 4.79 Å². The van der Waals surface area contributed by atoms with Gasteiger partial charge in [-0.1, -0.05) is 23.9 Å². The van der Waals surface area contributed by atoms with Crippen LogP contribution in [0, 0.1) is 0 Å². The minimum atomic E-state index is -0.0636. The minimum absolute atomic E-state index is 0.0636. The first-order valence-electron chi connectivity index (χ1n) is 7.91. The number of H-pyrrole nitrogens is 1. The number of thioether (sulfide) groups is 1. The topological polar surface area (TPSA) is 81.5 Å². The summed E-state index contributed by atoms with van der Waals surface area (Å²) in [5.41, 5.74) is 2.32. The Labute approximate surface area is 153 Å². The Hall–Kier alpha value is -3.00. The number of carbonyl (C=O) groups is 1. The molecule has 0 aliphatic heterocycles. The Morgan fingerprint density at radius 3 is 2.85 bits per heavy atom. The first-order chi connectivity index (χ1) is 12.7. The standard InChI is InChI=1S/C18H16N4O3S/c1-24-11-7-8-16(25-2)12(9-11)15(23)10-26-18-21-20-17-19-13-5-3-4-6-14(13)22(17)18/h3-9H,10H2,1-2H3,(H,19,20). The van der Waals surface area contributed by atoms with E-state index < -0.39 is 0 Å². The molecule has 0 aliphatic rings. The van der Waals surface area contributed by atoms with Gasteiger partial charge in [0.15, 0.2) is 10.9 Å². The molecule has 0 amide bonds. The molecule has 0 radical (unpaired) electrons. The molecule has 0 saturated carbocycles. The average molecular weight is 368 g/mol. The van der Waals surface area contributed by atoms with Gasteiger partial charge in [0, 0.05) is 0 Å². The maximum absolute atomic E-state index is 12.7. The summed E-state index contributed by atoms with van der Waals surface area (Å²) in [7, 11) is 3.11. The number of para-hydroxylation sites is 2. The van der Waals surface area contributed by atoms with Crippen molar-refractivity contribution in [3.8, 4) is 11.5 Å². The normalized spacial score (nSPS) is 11.2. The maximum Gasteiger partial charge on any atom is 0.231 e. The van der Waals surface area contributed by atoms with Crippen LogP contribution in [-0.2, 0) is 0 Å². The molecule has 4 rings (SSSR count). The molecule has 0 unspecified atom stereocenters. The first-order valence-corrected chi connectivity index (χ1v) is 8.89. The number of carbonyl (C=O) groups excluding carboxylic acids is 1. The van der Waals surface area contributed by atoms with E-state index in [0.29, 0.717) is 28.0 Å². The van der Waals surface area contributed by atoms with Crippen LogP contribution in [0.1, 0.15) is 10.4 Å². The Morgan fingerprint density at radius 1 is 1.19 bits per heavy atom. The fourth-order valence-electron chi connectivity index (χ4n) is 2.78. The van der Waals surface area contributed by atoms with Gasteiger partial charge in [0.05, 0.1) is 36.6 Å². The van der Waals surface area contributed by atoms with Gasteiger partial charge in [-0.15, -0.1) is 5.10 Å². The van der Waals surface area contributed by atoms with Crippen molar-refractivity contribution in [2.75, 3.05) is 20.0 Å². The molecule has 0 bridgehead atoms. The molecule has 2 aromatic carbocycles. The van der Waals surface area contributed by atoms with Crippen LogP contribution in [0.15, 0.2) is 47.6 Å². The number of benzene rings is 2. The van der Waals surface area contributed by atoms with Crippen molar-refractivity contribution in [2.24, 2.45) is 0 Å². The van der Waals surface area contributed by atoms with Crippen LogP contribution in [0.25, 0.3) is 16.8 Å². The zero-order valence-corrected chi connectivity index (χ0v) is 15.0. The number of ether oxygens (including phenoxy) is 2. The van der Waals surface area contributed by atoms with Crippen molar-refractivity contribution >= 4 is 34.4 Å². The average Bonchev–Trinajstić information content (AvgIpc) is 3.24. The highest BCUT2D eigenvalue weighted by atomic mass is 32.2. The molecule has 0 spiro atoms. The van der Waals surface area contributed by atoms with Crippen LogP contribution < -0.4 is 9.47 Å². The molecule has 26 heavy (non-hydrogen) atoms. The van der Waals surface area contributed by atoms with Gasteiger partial charge in [0.2, 0.25) is 5.78 Å². The van der Waals surface area contributed by atoms with Crippen LogP contribution >= 0.6 is 11.8 Å². The van der Waals surface area contributed by atoms with E-state index >= 15 is 0 Å². The number of methoxy groups -OCH3 is 2. The summed E-state index contributed by atoms with van der Waals surface area (Å²) in [5, 5.41) is 7.87. The molecule has 4 aromatic rings. The highest BCUT2D eigenvalue weighted by Gasteiger charge is 2.17. The summed E-state index contributed by atoms with van der Waals surface area (Å²) >= 11 is 1.35. The van der Waals surface area contributed by atoms with E-state index in [1.807, 2.05) is 28.7 Å². The molecular weight excluding hydrogens is 352 g/mol. The highest BCUT2D eigenvalue weighted by Crippen LogP contribution is 2.28. The van der Waals surface area contributed by atoms with Crippen LogP contribution in [0.4, 0.5) is 0 Å². The molecular formula is C18H16N4O3S. The fourth-order valence-corrected chi connectivity index (χ4v) is 3.62. The smallest absolute Gasteiger partial charge is 0.231 e. The van der Waals surface area contributed by atoms with Crippen molar-refractivity contribution in [3.05, 3.63) is 48.0 Å². The number of hydrogen-bond donors (Lipinski definition) is 1. The Morgan fingerprint density at radius 2 is 2.04 bits per heavy atom. The number of rotatable bonds is 6. The van der Waals surface area contributed by atoms with E-state index in [0.717, 1.165) is 11.0 Å². The number of nitrogens with one attached hydrogen (secondary N) is 1. The van der Waals surface area contributed by atoms with Gasteiger partial charge in [-0.3, -0.25) is 9.20 Å². The van der Waals surface area contributed by atoms with Crippen LogP contribution in [-0.4, -0.2) is 45.3 Å². The van der Waals surface area contributed by atoms with Gasteiger partial charge in [0.25, 0.3) is 0 Å². The molecule has 0 saturated heterocycles. The predicted molar refractivity (Wildman–Crippen MR) is 99.4 cm³/mol. The Bertz CT molecular complexity index is 1100. The fraction of sp³-hybridized carbons (Fsp3) is 0.167. The van der Waals surface area contributed by atoms with Gasteiger partial charge in [-0.2, -0.15) is 0 Å². The number of aromatic nitrogens is 4. The lowest BCUT2D eigenvalue weighted by molar-refractivity contribution is 0.101. The molecule has 132 valence electrons. The van der Waals surface area contributed by atoms with Gasteiger partial charge in [0.1, 0.15) is 11.5 Å². The number of imidazole rings is 1. The van der Waals surface area contributed by atoms with Crippen molar-refractivity contribution in [1.82, 2.24) is 19.6 Å². The van der Waals surface area contributed by atoms with Crippen LogP contribution in [0.2, 0.25) is 0 Å². The number of aromatic amines is 1. The molecule has 2 heterocycles. The molecule has 0 fully saturated rings. The number of ketones is 1. The minimum Gasteiger partial charge on any atom is -0.497 e. The Kier molecular flexibility index (Phi) is 4.26. The second kappa shape index (κ2) is 6.72. The van der Waals surface area contributed by atoms with Crippen LogP contribution in [0.3, 0.4) is 0 Å². The molecule has 7 nitrogen and oxygen atoms in total. The molecule has 0 atom stereocenters. The van der Waals surface area contributed by atoms with Crippen molar-refractivity contribution in [2.45, 2.75) is 5.16 Å². The number of hydrogen-bond acceptors (Lipinski definition) is 6. The van der Waals surface area contributed by atoms with Gasteiger partial charge in [-0.25, -0.2) is 10.1 Å². The van der Waals surface area contributed by atoms with Crippen molar-refractivity contribution in [3.63, 3.8) is 0 Å². The lowest BCUT2D eigenvalue weighted by Gasteiger charge is -2.09. The summed E-state index contributed by atoms with van der Waals surface area (Å²) < 4.78 is 12.4. The number of nitrogens with zero attached hydrogens (tertiary/aromatic N) is 3. The quantitative estimate of drug-likeness (QED) is 0.416. The predicted octanol–water partition coefficient (Wildman–Crippen LogP) is 3.20. The zero-order valence-electron chi connectivity index (χ0n) is 14.2. The summed E-state index contributed by atoms with van der Waals surface area (Å²) in [6.45, 7) is 0. The number of fused-ring (bicyclic) bond motifs is 3. The third-order valence-corrected chi connectivity index (χ3v) is 4.98. The van der Waals surface area contributed by atoms with Gasteiger partial charge >= 0.3 is 0 Å². The summed E-state index contributed by atoms with van der Waals surface area (Å²) in [6, 6.07) is 13.0. The van der Waals surface area contributed by atoms with Gasteiger partial charge < -0.3 is 9.47 Å². The second-order valence-electron chi connectivity index (χ2n) is 5.54. The molecule has 1 N–H and O–H groups in total. The highest BCUT2D eigenvalue weighted by molar-refractivity contribution is 7.99. The Balaban J connectivity index is 1.61. The second-order valence-corrected chi connectivity index (χ2v) is 6.49. The molecule has 8 heteroatoms. The summed E-state index contributed by atoms with van der Waals surface area (Å²) in [5.74, 6) is 1.95. The lowest BCUT2D eigenvalue weighted by atomic mass is 10.1. The number of Topliss-reactive ketones (excluding diaryl/α,β-unsaturated/α-hetero) is 1. The third kappa shape index (κ3) is 2.78. The lowest BCUT2D eigenvalue weighted by Crippen LogP contribution is -2.06. The summed E-state index contributed by atoms with van der Waals surface area (Å²) in [4.78, 5) is 17.2. The monoisotopic (exact) mass is 368 g/mol. The molecule has 2 aromatic heterocycles. The van der Waals surface area contributed by atoms with Gasteiger partial charge in [-0.05, 0) is 30.3 Å². The third-order valence-electron chi connectivity index (χ3n) is 4.04. The first kappa shape index (κ1) is 16.5. The van der Waals surface area contributed by atoms with Crippen molar-refractivity contribution in [1.29, 1.82) is 0 Å². The SMILES string of the molecule is COc1ccc(OC)c(C(=O)CSc2n[nH]c3nc4ccccc4n23)c1. The van der Waals surface area contributed by atoms with E-state index in [-0.39, 0.29) is 11.5 Å².